The maximum atomic E-state index is 13.3. The number of nitrogens with zero attached hydrogens (tertiary/aromatic N) is 1. The SMILES string of the molecule is CC1C(C(=O)O)CCN1C(=O)C(NC(=O)OCC1c2ccccc2-c2ccccc21)C1CCC1. The Balaban J connectivity index is 1.27. The topological polar surface area (TPSA) is 95.9 Å². The molecule has 2 aromatic rings. The quantitative estimate of drug-likeness (QED) is 0.676. The van der Waals surface area contributed by atoms with Crippen LogP contribution in [0, 0.1) is 11.8 Å². The number of hydrogen-bond donors (Lipinski definition) is 2. The molecule has 2 aromatic carbocycles. The first-order chi connectivity index (χ1) is 16.5. The summed E-state index contributed by atoms with van der Waals surface area (Å²) in [7, 11) is 0. The highest BCUT2D eigenvalue weighted by molar-refractivity contribution is 5.87. The van der Waals surface area contributed by atoms with Crippen molar-refractivity contribution in [2.75, 3.05) is 13.2 Å². The molecule has 7 heteroatoms. The third-order valence-electron chi connectivity index (χ3n) is 7.86. The van der Waals surface area contributed by atoms with Crippen LogP contribution in [0.5, 0.6) is 0 Å². The Morgan fingerprint density at radius 3 is 2.18 bits per heavy atom. The van der Waals surface area contributed by atoms with Gasteiger partial charge in [0, 0.05) is 18.5 Å². The number of hydrogen-bond acceptors (Lipinski definition) is 4. The zero-order chi connectivity index (χ0) is 23.8. The van der Waals surface area contributed by atoms with E-state index in [4.69, 9.17) is 4.74 Å². The molecule has 0 radical (unpaired) electrons. The Bertz CT molecular complexity index is 1070. The molecule has 2 amide bonds. The molecule has 34 heavy (non-hydrogen) atoms. The minimum atomic E-state index is -0.882. The highest BCUT2D eigenvalue weighted by Crippen LogP contribution is 2.44. The molecule has 0 bridgehead atoms. The Kier molecular flexibility index (Phi) is 6.02. The second-order valence-electron chi connectivity index (χ2n) is 9.64. The Morgan fingerprint density at radius 1 is 1.03 bits per heavy atom. The predicted octanol–water partition coefficient (Wildman–Crippen LogP) is 4.02. The van der Waals surface area contributed by atoms with Gasteiger partial charge in [-0.2, -0.15) is 0 Å². The number of benzene rings is 2. The van der Waals surface area contributed by atoms with Crippen LogP contribution in [0.3, 0.4) is 0 Å². The average Bonchev–Trinajstić information content (AvgIpc) is 3.34. The largest absolute Gasteiger partial charge is 0.481 e. The summed E-state index contributed by atoms with van der Waals surface area (Å²) in [5.74, 6) is -1.64. The summed E-state index contributed by atoms with van der Waals surface area (Å²) in [4.78, 5) is 39.3. The van der Waals surface area contributed by atoms with Gasteiger partial charge in [-0.25, -0.2) is 4.79 Å². The molecule has 5 rings (SSSR count). The first-order valence-electron chi connectivity index (χ1n) is 12.1. The zero-order valence-electron chi connectivity index (χ0n) is 19.3. The molecule has 2 fully saturated rings. The third kappa shape index (κ3) is 3.93. The number of carboxylic acids is 1. The normalized spacial score (nSPS) is 22.4. The molecule has 1 saturated carbocycles. The first-order valence-corrected chi connectivity index (χ1v) is 12.1. The second-order valence-corrected chi connectivity index (χ2v) is 9.64. The number of amides is 2. The summed E-state index contributed by atoms with van der Waals surface area (Å²) in [6.45, 7) is 2.36. The van der Waals surface area contributed by atoms with Gasteiger partial charge in [-0.05, 0) is 54.4 Å². The first kappa shape index (κ1) is 22.4. The van der Waals surface area contributed by atoms with E-state index in [1.54, 1.807) is 11.8 Å². The molecule has 1 heterocycles. The lowest BCUT2D eigenvalue weighted by atomic mass is 9.79. The lowest BCUT2D eigenvalue weighted by Crippen LogP contribution is -2.55. The lowest BCUT2D eigenvalue weighted by molar-refractivity contribution is -0.143. The molecule has 2 N–H and O–H groups in total. The van der Waals surface area contributed by atoms with Crippen molar-refractivity contribution in [1.29, 1.82) is 0 Å². The van der Waals surface area contributed by atoms with Crippen LogP contribution >= 0.6 is 0 Å². The summed E-state index contributed by atoms with van der Waals surface area (Å²) in [5.41, 5.74) is 4.58. The molecule has 3 atom stereocenters. The van der Waals surface area contributed by atoms with E-state index in [2.05, 4.69) is 29.6 Å². The summed E-state index contributed by atoms with van der Waals surface area (Å²) in [6, 6.07) is 15.2. The van der Waals surface area contributed by atoms with Crippen molar-refractivity contribution in [1.82, 2.24) is 10.2 Å². The van der Waals surface area contributed by atoms with Crippen LogP contribution < -0.4 is 5.32 Å². The number of rotatable bonds is 6. The van der Waals surface area contributed by atoms with Crippen LogP contribution in [-0.4, -0.2) is 53.2 Å². The minimum absolute atomic E-state index is 0.0501. The molecule has 0 spiro atoms. The van der Waals surface area contributed by atoms with Crippen LogP contribution in [-0.2, 0) is 14.3 Å². The smallest absolute Gasteiger partial charge is 0.407 e. The minimum Gasteiger partial charge on any atom is -0.481 e. The number of carbonyl (C=O) groups is 3. The summed E-state index contributed by atoms with van der Waals surface area (Å²) in [6.07, 6.45) is 2.59. The number of carboxylic acid groups (broad SMARTS) is 1. The van der Waals surface area contributed by atoms with E-state index in [0.29, 0.717) is 13.0 Å². The number of carbonyl (C=O) groups excluding carboxylic acids is 2. The molecule has 1 saturated heterocycles. The van der Waals surface area contributed by atoms with Crippen LogP contribution in [0.4, 0.5) is 4.79 Å². The second kappa shape index (κ2) is 9.12. The average molecular weight is 463 g/mol. The Morgan fingerprint density at radius 2 is 1.65 bits per heavy atom. The van der Waals surface area contributed by atoms with Gasteiger partial charge in [0.05, 0.1) is 5.92 Å². The lowest BCUT2D eigenvalue weighted by Gasteiger charge is -2.36. The fourth-order valence-electron chi connectivity index (χ4n) is 5.68. The van der Waals surface area contributed by atoms with Gasteiger partial charge in [0.25, 0.3) is 0 Å². The fourth-order valence-corrected chi connectivity index (χ4v) is 5.68. The highest BCUT2D eigenvalue weighted by atomic mass is 16.5. The molecular formula is C27H30N2O5. The monoisotopic (exact) mass is 462 g/mol. The predicted molar refractivity (Wildman–Crippen MR) is 126 cm³/mol. The summed E-state index contributed by atoms with van der Waals surface area (Å²) >= 11 is 0. The zero-order valence-corrected chi connectivity index (χ0v) is 19.3. The van der Waals surface area contributed by atoms with Gasteiger partial charge in [-0.15, -0.1) is 0 Å². The van der Waals surface area contributed by atoms with Crippen LogP contribution in [0.2, 0.25) is 0 Å². The van der Waals surface area contributed by atoms with Gasteiger partial charge in [-0.1, -0.05) is 55.0 Å². The summed E-state index contributed by atoms with van der Waals surface area (Å²) < 4.78 is 5.67. The van der Waals surface area contributed by atoms with Crippen molar-refractivity contribution in [3.63, 3.8) is 0 Å². The number of aliphatic carboxylic acids is 1. The molecule has 2 aliphatic carbocycles. The standard InChI is InChI=1S/C27H30N2O5/c1-16-18(26(31)32)13-14-29(16)25(30)24(17-7-6-8-17)28-27(33)34-15-23-21-11-4-2-9-19(21)20-10-3-5-12-22(20)23/h2-5,9-12,16-18,23-24H,6-8,13-15H2,1H3,(H,28,33)(H,31,32). The van der Waals surface area contributed by atoms with E-state index in [-0.39, 0.29) is 24.3 Å². The Labute approximate surface area is 199 Å². The molecular weight excluding hydrogens is 432 g/mol. The van der Waals surface area contributed by atoms with E-state index < -0.39 is 30.1 Å². The van der Waals surface area contributed by atoms with Gasteiger partial charge >= 0.3 is 12.1 Å². The van der Waals surface area contributed by atoms with Crippen molar-refractivity contribution in [2.24, 2.45) is 11.8 Å². The molecule has 7 nitrogen and oxygen atoms in total. The van der Waals surface area contributed by atoms with Gasteiger partial charge in [0.2, 0.25) is 5.91 Å². The van der Waals surface area contributed by atoms with Crippen molar-refractivity contribution in [3.8, 4) is 11.1 Å². The molecule has 178 valence electrons. The maximum Gasteiger partial charge on any atom is 0.407 e. The third-order valence-corrected chi connectivity index (χ3v) is 7.86. The van der Waals surface area contributed by atoms with Crippen molar-refractivity contribution < 1.29 is 24.2 Å². The number of alkyl carbamates (subject to hydrolysis) is 1. The van der Waals surface area contributed by atoms with E-state index in [9.17, 15) is 19.5 Å². The van der Waals surface area contributed by atoms with E-state index in [0.717, 1.165) is 41.5 Å². The van der Waals surface area contributed by atoms with E-state index in [1.807, 2.05) is 24.3 Å². The molecule has 3 unspecified atom stereocenters. The van der Waals surface area contributed by atoms with E-state index >= 15 is 0 Å². The van der Waals surface area contributed by atoms with Crippen LogP contribution in [0.15, 0.2) is 48.5 Å². The summed E-state index contributed by atoms with van der Waals surface area (Å²) in [5, 5.41) is 12.3. The van der Waals surface area contributed by atoms with Gasteiger partial charge in [0.15, 0.2) is 0 Å². The number of likely N-dealkylation sites (tertiary alicyclic amines) is 1. The number of nitrogens with one attached hydrogen (secondary N) is 1. The maximum absolute atomic E-state index is 13.3. The molecule has 1 aliphatic heterocycles. The number of fused-ring (bicyclic) bond motifs is 3. The fraction of sp³-hybridized carbons (Fsp3) is 0.444. The van der Waals surface area contributed by atoms with E-state index in [1.165, 1.54) is 0 Å². The molecule has 0 aromatic heterocycles. The van der Waals surface area contributed by atoms with Gasteiger partial charge in [-0.3, -0.25) is 9.59 Å². The highest BCUT2D eigenvalue weighted by Gasteiger charge is 2.43. The molecule has 3 aliphatic rings. The Hall–Kier alpha value is -3.35. The van der Waals surface area contributed by atoms with Gasteiger partial charge < -0.3 is 20.1 Å². The van der Waals surface area contributed by atoms with Crippen molar-refractivity contribution in [3.05, 3.63) is 59.7 Å². The van der Waals surface area contributed by atoms with Gasteiger partial charge in [0.1, 0.15) is 12.6 Å². The van der Waals surface area contributed by atoms with Crippen LogP contribution in [0.1, 0.15) is 49.7 Å². The van der Waals surface area contributed by atoms with Crippen molar-refractivity contribution in [2.45, 2.75) is 50.6 Å². The van der Waals surface area contributed by atoms with Crippen LogP contribution in [0.25, 0.3) is 11.1 Å². The number of ether oxygens (including phenoxy) is 1. The van der Waals surface area contributed by atoms with Crippen molar-refractivity contribution >= 4 is 18.0 Å².